The molecule has 0 aromatic carbocycles. The summed E-state index contributed by atoms with van der Waals surface area (Å²) >= 11 is -1.02. The molecule has 4 nitrogen and oxygen atoms in total. The quantitative estimate of drug-likeness (QED) is 0.238. The number of morpholine rings is 1. The predicted molar refractivity (Wildman–Crippen MR) is 144 cm³/mol. The van der Waals surface area contributed by atoms with Gasteiger partial charge in [0, 0.05) is 0 Å². The molecule has 6 aliphatic rings. The van der Waals surface area contributed by atoms with Crippen molar-refractivity contribution in [1.82, 2.24) is 4.90 Å². The first-order valence-electron chi connectivity index (χ1n) is 14.2. The van der Waals surface area contributed by atoms with Gasteiger partial charge in [0.2, 0.25) is 0 Å². The predicted octanol–water partition coefficient (Wildman–Crippen LogP) is 4.19. The molecule has 4 heterocycles. The van der Waals surface area contributed by atoms with Gasteiger partial charge in [-0.1, -0.05) is 0 Å². The minimum absolute atomic E-state index is 0.0493. The number of alkyl halides is 3. The first kappa shape index (κ1) is 23.7. The molecular weight excluding hydrogens is 523 g/mol. The number of hydrogen-bond acceptors (Lipinski definition) is 3. The van der Waals surface area contributed by atoms with Crippen LogP contribution in [0.3, 0.4) is 0 Å². The van der Waals surface area contributed by atoms with Crippen molar-refractivity contribution in [3.05, 3.63) is 12.7 Å². The average Bonchev–Trinajstić information content (AvgIpc) is 3.44. The van der Waals surface area contributed by atoms with E-state index in [2.05, 4.69) is 24.5 Å². The van der Waals surface area contributed by atoms with Crippen LogP contribution in [0.1, 0.15) is 51.9 Å². The summed E-state index contributed by atoms with van der Waals surface area (Å²) in [5, 5.41) is 11.1. The summed E-state index contributed by atoms with van der Waals surface area (Å²) in [5.74, 6) is 4.89. The summed E-state index contributed by atoms with van der Waals surface area (Å²) in [5.41, 5.74) is 0. The molecule has 33 heavy (non-hydrogen) atoms. The van der Waals surface area contributed by atoms with Gasteiger partial charge < -0.3 is 0 Å². The molecule has 4 saturated heterocycles. The number of aliphatic hydroxyl groups excluding tert-OH is 1. The van der Waals surface area contributed by atoms with Crippen molar-refractivity contribution >= 4 is 19.8 Å². The van der Waals surface area contributed by atoms with E-state index in [0.29, 0.717) is 6.04 Å². The van der Waals surface area contributed by atoms with Crippen LogP contribution in [0.5, 0.6) is 0 Å². The Balaban J connectivity index is 1.20. The second-order valence-electron chi connectivity index (χ2n) is 12.4. The zero-order valence-electron chi connectivity index (χ0n) is 20.9. The van der Waals surface area contributed by atoms with Crippen LogP contribution >= 0.6 is 19.8 Å². The number of halogens is 1. The minimum atomic E-state index is -1.02. The Morgan fingerprint density at radius 2 is 1.79 bits per heavy atom. The molecule has 0 bridgehead atoms. The van der Waals surface area contributed by atoms with Crippen LogP contribution in [0.15, 0.2) is 12.7 Å². The number of quaternary nitrogens is 1. The fourth-order valence-corrected chi connectivity index (χ4v) is 18.4. The second-order valence-corrected chi connectivity index (χ2v) is 18.8. The maximum atomic E-state index is 11.1. The van der Waals surface area contributed by atoms with Crippen LogP contribution in [0.2, 0.25) is 0 Å². The Hall–Kier alpha value is 0.310. The van der Waals surface area contributed by atoms with Crippen molar-refractivity contribution in [2.45, 2.75) is 74.0 Å². The molecule has 6 fully saturated rings. The third-order valence-electron chi connectivity index (χ3n) is 11.3. The normalized spacial score (nSPS) is 48.7. The molecule has 0 radical (unpaired) electrons. The molecule has 9 unspecified atom stereocenters. The van der Waals surface area contributed by atoms with Gasteiger partial charge in [-0.05, 0) is 0 Å². The SMILES string of the molecule is C=CC[N+]1(C2CC3C(CCC4C3CCI3CC(O)C(N5CCOCC5)CC43)C2C)CCCC1. The average molecular weight is 572 g/mol. The van der Waals surface area contributed by atoms with E-state index in [1.807, 2.05) is 0 Å². The van der Waals surface area contributed by atoms with E-state index in [1.54, 1.807) is 0 Å². The fraction of sp³-hybridized carbons (Fsp3) is 0.929. The molecule has 4 aliphatic heterocycles. The van der Waals surface area contributed by atoms with Gasteiger partial charge in [0.1, 0.15) is 0 Å². The Morgan fingerprint density at radius 3 is 2.55 bits per heavy atom. The van der Waals surface area contributed by atoms with Crippen LogP contribution in [0.4, 0.5) is 0 Å². The van der Waals surface area contributed by atoms with Crippen LogP contribution < -0.4 is 0 Å². The van der Waals surface area contributed by atoms with E-state index in [0.717, 1.165) is 65.9 Å². The molecule has 188 valence electrons. The van der Waals surface area contributed by atoms with Gasteiger partial charge in [0.05, 0.1) is 0 Å². The van der Waals surface area contributed by atoms with Crippen molar-refractivity contribution in [1.29, 1.82) is 0 Å². The number of likely N-dealkylation sites (tertiary alicyclic amines) is 1. The number of hydrogen-bond donors (Lipinski definition) is 1. The molecule has 0 aromatic heterocycles. The molecule has 1 N–H and O–H groups in total. The molecular formula is C28H48IN2O2+. The third-order valence-corrected chi connectivity index (χ3v) is 19.0. The summed E-state index contributed by atoms with van der Waals surface area (Å²) < 4.78 is 10.8. The van der Waals surface area contributed by atoms with Crippen LogP contribution in [0, 0.1) is 29.6 Å². The van der Waals surface area contributed by atoms with Crippen molar-refractivity contribution in [3.8, 4) is 0 Å². The van der Waals surface area contributed by atoms with Crippen molar-refractivity contribution in [2.24, 2.45) is 29.6 Å². The summed E-state index contributed by atoms with van der Waals surface area (Å²) in [6.07, 6.45) is 12.4. The molecule has 2 saturated carbocycles. The van der Waals surface area contributed by atoms with E-state index in [9.17, 15) is 5.11 Å². The van der Waals surface area contributed by atoms with Crippen LogP contribution in [-0.4, -0.2) is 91.4 Å². The van der Waals surface area contributed by atoms with Crippen molar-refractivity contribution in [2.75, 3.05) is 54.8 Å². The molecule has 6 rings (SSSR count). The summed E-state index contributed by atoms with van der Waals surface area (Å²) in [4.78, 5) is 2.60. The molecule has 2 aliphatic carbocycles. The Morgan fingerprint density at radius 1 is 1.03 bits per heavy atom. The number of nitrogens with zero attached hydrogens (tertiary/aromatic N) is 2. The number of ether oxygens (including phenoxy) is 1. The zero-order chi connectivity index (χ0) is 22.6. The van der Waals surface area contributed by atoms with E-state index in [4.69, 9.17) is 4.74 Å². The van der Waals surface area contributed by atoms with E-state index in [-0.39, 0.29) is 6.10 Å². The molecule has 0 aromatic rings. The summed E-state index contributed by atoms with van der Waals surface area (Å²) in [6, 6.07) is 1.32. The standard InChI is InChI=1S/C28H48IN2O2/c1-3-12-31(13-4-5-14-31)27-17-24-21(20(27)2)6-7-23-22(24)8-9-29-19-28(32)26(18-25(23)29)30-10-15-33-16-11-30/h3,20-28,32H,1,4-19H2,2H3/q+1. The van der Waals surface area contributed by atoms with Gasteiger partial charge >= 0.3 is 210 Å². The zero-order valence-corrected chi connectivity index (χ0v) is 23.1. The first-order chi connectivity index (χ1) is 16.1. The third kappa shape index (κ3) is 4.08. The number of fused-ring (bicyclic) bond motifs is 5. The topological polar surface area (TPSA) is 32.7 Å². The summed E-state index contributed by atoms with van der Waals surface area (Å²) in [6.45, 7) is 14.6. The molecule has 0 spiro atoms. The van der Waals surface area contributed by atoms with Crippen molar-refractivity contribution in [3.63, 3.8) is 0 Å². The first-order valence-corrected chi connectivity index (χ1v) is 18.5. The van der Waals surface area contributed by atoms with E-state index >= 15 is 0 Å². The van der Waals surface area contributed by atoms with Gasteiger partial charge in [0.25, 0.3) is 0 Å². The van der Waals surface area contributed by atoms with Crippen LogP contribution in [-0.2, 0) is 4.74 Å². The van der Waals surface area contributed by atoms with E-state index in [1.165, 1.54) is 77.9 Å². The number of aliphatic hydroxyl groups is 1. The van der Waals surface area contributed by atoms with E-state index < -0.39 is 19.8 Å². The maximum absolute atomic E-state index is 11.1. The Labute approximate surface area is 209 Å². The van der Waals surface area contributed by atoms with Gasteiger partial charge in [0.15, 0.2) is 0 Å². The second kappa shape index (κ2) is 9.64. The molecule has 9 atom stereocenters. The number of rotatable bonds is 4. The fourth-order valence-electron chi connectivity index (χ4n) is 9.82. The Bertz CT molecular complexity index is 706. The Kier molecular flexibility index (Phi) is 6.92. The molecule has 0 amide bonds. The van der Waals surface area contributed by atoms with Gasteiger partial charge in [-0.15, -0.1) is 0 Å². The molecule has 5 heteroatoms. The van der Waals surface area contributed by atoms with Gasteiger partial charge in [-0.25, -0.2) is 0 Å². The van der Waals surface area contributed by atoms with Gasteiger partial charge in [-0.3, -0.25) is 0 Å². The van der Waals surface area contributed by atoms with Crippen molar-refractivity contribution < 1.29 is 14.3 Å². The monoisotopic (exact) mass is 571 g/mol. The van der Waals surface area contributed by atoms with Gasteiger partial charge in [-0.2, -0.15) is 0 Å². The summed E-state index contributed by atoms with van der Waals surface area (Å²) in [7, 11) is 0. The van der Waals surface area contributed by atoms with Crippen LogP contribution in [0.25, 0.3) is 0 Å².